The highest BCUT2D eigenvalue weighted by molar-refractivity contribution is 5.73. The zero-order valence-corrected chi connectivity index (χ0v) is 14.2. The summed E-state index contributed by atoms with van der Waals surface area (Å²) in [6.45, 7) is 6.13. The highest BCUT2D eigenvalue weighted by atomic mass is 19.4. The number of rotatable bonds is 2. The fourth-order valence-electron chi connectivity index (χ4n) is 3.17. The van der Waals surface area contributed by atoms with Crippen LogP contribution in [0.3, 0.4) is 0 Å². The number of amides is 1. The molecule has 25 heavy (non-hydrogen) atoms. The van der Waals surface area contributed by atoms with Crippen molar-refractivity contribution in [3.05, 3.63) is 17.0 Å². The first-order valence-electron chi connectivity index (χ1n) is 8.00. The Balaban J connectivity index is 2.03. The molecule has 7 nitrogen and oxygen atoms in total. The van der Waals surface area contributed by atoms with Crippen molar-refractivity contribution in [2.24, 2.45) is 0 Å². The molecule has 3 rings (SSSR count). The van der Waals surface area contributed by atoms with Gasteiger partial charge in [-0.15, -0.1) is 15.3 Å². The van der Waals surface area contributed by atoms with Gasteiger partial charge in [0.15, 0.2) is 11.5 Å². The minimum absolute atomic E-state index is 0.0496. The zero-order chi connectivity index (χ0) is 18.4. The Bertz CT molecular complexity index is 816. The Morgan fingerprint density at radius 2 is 1.96 bits per heavy atom. The van der Waals surface area contributed by atoms with Crippen LogP contribution in [-0.4, -0.2) is 44.8 Å². The van der Waals surface area contributed by atoms with E-state index in [0.29, 0.717) is 24.5 Å². The molecule has 0 aliphatic carbocycles. The van der Waals surface area contributed by atoms with Gasteiger partial charge in [0.1, 0.15) is 0 Å². The number of hydrogen-bond acceptors (Lipinski definition) is 5. The smallest absolute Gasteiger partial charge is 0.353 e. The van der Waals surface area contributed by atoms with Crippen molar-refractivity contribution in [1.82, 2.24) is 25.1 Å². The minimum atomic E-state index is -4.63. The topological polar surface area (TPSA) is 75.4 Å². The molecule has 1 N–H and O–H groups in total. The van der Waals surface area contributed by atoms with Gasteiger partial charge < -0.3 is 10.2 Å². The summed E-state index contributed by atoms with van der Waals surface area (Å²) in [6.07, 6.45) is -2.99. The summed E-state index contributed by atoms with van der Waals surface area (Å²) in [7, 11) is 0. The van der Waals surface area contributed by atoms with Crippen molar-refractivity contribution in [3.63, 3.8) is 0 Å². The number of fused-ring (bicyclic) bond motifs is 1. The molecule has 0 spiro atoms. The van der Waals surface area contributed by atoms with Crippen molar-refractivity contribution in [2.45, 2.75) is 45.8 Å². The predicted molar refractivity (Wildman–Crippen MR) is 84.3 cm³/mol. The summed E-state index contributed by atoms with van der Waals surface area (Å²) in [4.78, 5) is 13.2. The average Bonchev–Trinajstić information content (AvgIpc) is 2.94. The van der Waals surface area contributed by atoms with Crippen LogP contribution in [0.4, 0.5) is 19.0 Å². The van der Waals surface area contributed by atoms with Crippen molar-refractivity contribution >= 4 is 17.4 Å². The third-order valence-electron chi connectivity index (χ3n) is 4.45. The van der Waals surface area contributed by atoms with Crippen LogP contribution in [0.5, 0.6) is 0 Å². The van der Waals surface area contributed by atoms with Gasteiger partial charge in [-0.05, 0) is 26.7 Å². The number of hydrogen-bond donors (Lipinski definition) is 1. The first kappa shape index (κ1) is 17.4. The maximum atomic E-state index is 13.1. The molecule has 2 aromatic rings. The number of carbonyl (C=O) groups excluding carboxylic acids is 1. The lowest BCUT2D eigenvalue weighted by atomic mass is 10.0. The molecule has 1 atom stereocenters. The third-order valence-corrected chi connectivity index (χ3v) is 4.45. The summed E-state index contributed by atoms with van der Waals surface area (Å²) in [5, 5.41) is 13.9. The monoisotopic (exact) mass is 356 g/mol. The Morgan fingerprint density at radius 1 is 1.24 bits per heavy atom. The zero-order valence-electron chi connectivity index (χ0n) is 14.2. The molecule has 2 aromatic heterocycles. The predicted octanol–water partition coefficient (Wildman–Crippen LogP) is 1.86. The number of piperidine rings is 1. The lowest BCUT2D eigenvalue weighted by molar-refractivity contribution is -0.146. The van der Waals surface area contributed by atoms with E-state index in [1.165, 1.54) is 6.92 Å². The average molecular weight is 356 g/mol. The van der Waals surface area contributed by atoms with Crippen LogP contribution >= 0.6 is 0 Å². The van der Waals surface area contributed by atoms with E-state index in [4.69, 9.17) is 0 Å². The first-order chi connectivity index (χ1) is 11.7. The van der Waals surface area contributed by atoms with E-state index in [1.54, 1.807) is 6.92 Å². The van der Waals surface area contributed by atoms with Gasteiger partial charge in [0.05, 0.1) is 0 Å². The van der Waals surface area contributed by atoms with Crippen LogP contribution in [0.1, 0.15) is 36.7 Å². The SMILES string of the molecule is CC(=O)NC1CCCN(c2nn3c(C(F)(F)F)nnc3c(C)c2C)C1. The lowest BCUT2D eigenvalue weighted by Crippen LogP contribution is -2.47. The van der Waals surface area contributed by atoms with Gasteiger partial charge in [0, 0.05) is 37.2 Å². The molecule has 0 bridgehead atoms. The molecule has 10 heteroatoms. The summed E-state index contributed by atoms with van der Waals surface area (Å²) < 4.78 is 40.2. The molecule has 0 saturated carbocycles. The van der Waals surface area contributed by atoms with E-state index in [-0.39, 0.29) is 17.6 Å². The molecular weight excluding hydrogens is 337 g/mol. The van der Waals surface area contributed by atoms with Crippen LogP contribution in [0.25, 0.3) is 5.65 Å². The molecule has 1 fully saturated rings. The molecule has 1 unspecified atom stereocenters. The van der Waals surface area contributed by atoms with Gasteiger partial charge >= 0.3 is 6.18 Å². The normalized spacial score (nSPS) is 18.6. The van der Waals surface area contributed by atoms with Crippen molar-refractivity contribution in [2.75, 3.05) is 18.0 Å². The Hall–Kier alpha value is -2.39. The maximum absolute atomic E-state index is 13.1. The second-order valence-electron chi connectivity index (χ2n) is 6.32. The number of anilines is 1. The summed E-state index contributed by atoms with van der Waals surface area (Å²) >= 11 is 0. The maximum Gasteiger partial charge on any atom is 0.453 e. The summed E-state index contributed by atoms with van der Waals surface area (Å²) in [5.74, 6) is -0.797. The number of nitrogens with one attached hydrogen (secondary N) is 1. The van der Waals surface area contributed by atoms with Crippen LogP contribution in [0.15, 0.2) is 0 Å². The number of aromatic nitrogens is 4. The van der Waals surface area contributed by atoms with Crippen molar-refractivity contribution in [1.29, 1.82) is 0 Å². The van der Waals surface area contributed by atoms with Crippen LogP contribution in [0.2, 0.25) is 0 Å². The number of alkyl halides is 3. The Kier molecular flexibility index (Phi) is 4.29. The van der Waals surface area contributed by atoms with E-state index in [0.717, 1.165) is 22.9 Å². The van der Waals surface area contributed by atoms with Crippen molar-refractivity contribution in [3.8, 4) is 0 Å². The van der Waals surface area contributed by atoms with Crippen LogP contribution in [-0.2, 0) is 11.0 Å². The van der Waals surface area contributed by atoms with Crippen LogP contribution in [0, 0.1) is 13.8 Å². The molecule has 1 aliphatic rings. The quantitative estimate of drug-likeness (QED) is 0.889. The largest absolute Gasteiger partial charge is 0.453 e. The number of aryl methyl sites for hydroxylation is 1. The highest BCUT2D eigenvalue weighted by Gasteiger charge is 2.38. The lowest BCUT2D eigenvalue weighted by Gasteiger charge is -2.34. The fourth-order valence-corrected chi connectivity index (χ4v) is 3.17. The summed E-state index contributed by atoms with van der Waals surface area (Å²) in [6, 6.07) is -0.0496. The van der Waals surface area contributed by atoms with E-state index < -0.39 is 12.0 Å². The molecule has 1 aliphatic heterocycles. The Morgan fingerprint density at radius 3 is 2.60 bits per heavy atom. The van der Waals surface area contributed by atoms with Crippen LogP contribution < -0.4 is 10.2 Å². The van der Waals surface area contributed by atoms with Gasteiger partial charge in [0.2, 0.25) is 5.91 Å². The first-order valence-corrected chi connectivity index (χ1v) is 8.00. The van der Waals surface area contributed by atoms with Gasteiger partial charge in [-0.25, -0.2) is 0 Å². The molecule has 136 valence electrons. The van der Waals surface area contributed by atoms with E-state index in [2.05, 4.69) is 20.6 Å². The number of nitrogens with zero attached hydrogens (tertiary/aromatic N) is 5. The van der Waals surface area contributed by atoms with Gasteiger partial charge in [0.25, 0.3) is 5.82 Å². The van der Waals surface area contributed by atoms with Gasteiger partial charge in [-0.1, -0.05) is 0 Å². The fraction of sp³-hybridized carbons (Fsp3) is 0.600. The number of halogens is 3. The Labute approximate surface area is 142 Å². The molecular formula is C15H19F3N6O. The molecule has 3 heterocycles. The molecule has 0 radical (unpaired) electrons. The molecule has 1 amide bonds. The minimum Gasteiger partial charge on any atom is -0.353 e. The second kappa shape index (κ2) is 6.16. The number of carbonyl (C=O) groups is 1. The second-order valence-corrected chi connectivity index (χ2v) is 6.32. The van der Waals surface area contributed by atoms with Crippen molar-refractivity contribution < 1.29 is 18.0 Å². The third kappa shape index (κ3) is 3.24. The standard InChI is InChI=1S/C15H19F3N6O/c1-8-9(2)13(23-6-4-5-11(7-23)19-10(3)25)22-24-12(8)20-21-14(24)15(16,17)18/h11H,4-7H2,1-3H3,(H,19,25). The molecule has 0 aromatic carbocycles. The van der Waals surface area contributed by atoms with E-state index >= 15 is 0 Å². The van der Waals surface area contributed by atoms with Gasteiger partial charge in [-0.3, -0.25) is 4.79 Å². The van der Waals surface area contributed by atoms with E-state index in [9.17, 15) is 18.0 Å². The molecule has 1 saturated heterocycles. The summed E-state index contributed by atoms with van der Waals surface area (Å²) in [5.41, 5.74) is 1.47. The van der Waals surface area contributed by atoms with Gasteiger partial charge in [-0.2, -0.15) is 17.7 Å². The van der Waals surface area contributed by atoms with E-state index in [1.807, 2.05) is 11.8 Å². The highest BCUT2D eigenvalue weighted by Crippen LogP contribution is 2.31.